The van der Waals surface area contributed by atoms with E-state index in [1.165, 1.54) is 0 Å². The van der Waals surface area contributed by atoms with E-state index in [1.807, 2.05) is 0 Å². The first-order valence-electron chi connectivity index (χ1n) is 9.01. The lowest BCUT2D eigenvalue weighted by Crippen LogP contribution is -2.55. The molecule has 0 aromatic carbocycles. The summed E-state index contributed by atoms with van der Waals surface area (Å²) in [5, 5.41) is 8.37. The minimum absolute atomic E-state index is 0.318. The van der Waals surface area contributed by atoms with Crippen molar-refractivity contribution in [2.45, 2.75) is 37.9 Å². The molecule has 2 atom stereocenters. The van der Waals surface area contributed by atoms with Gasteiger partial charge in [-0.3, -0.25) is 0 Å². The molecule has 3 fully saturated rings. The third-order valence-corrected chi connectivity index (χ3v) is 5.67. The molecule has 8 heteroatoms. The van der Waals surface area contributed by atoms with E-state index in [4.69, 9.17) is 33.9 Å². The summed E-state index contributed by atoms with van der Waals surface area (Å²) in [6.45, 7) is 7.01. The number of thiocarbonyl (C=S) groups is 2. The molecule has 0 spiro atoms. The summed E-state index contributed by atoms with van der Waals surface area (Å²) in [5.74, 6) is 0. The van der Waals surface area contributed by atoms with Gasteiger partial charge in [0.25, 0.3) is 0 Å². The molecule has 0 bridgehead atoms. The molecule has 0 radical (unpaired) electrons. The van der Waals surface area contributed by atoms with Gasteiger partial charge in [-0.25, -0.2) is 0 Å². The second-order valence-corrected chi connectivity index (χ2v) is 7.39. The maximum Gasteiger partial charge on any atom is 0.169 e. The Balaban J connectivity index is 1.32. The highest BCUT2D eigenvalue weighted by atomic mass is 32.1. The van der Waals surface area contributed by atoms with Gasteiger partial charge in [0.15, 0.2) is 10.2 Å². The third kappa shape index (κ3) is 5.15. The maximum atomic E-state index is 5.62. The van der Waals surface area contributed by atoms with E-state index < -0.39 is 0 Å². The van der Waals surface area contributed by atoms with Crippen molar-refractivity contribution in [2.75, 3.05) is 52.5 Å². The molecule has 3 rings (SSSR count). The van der Waals surface area contributed by atoms with Crippen molar-refractivity contribution in [3.8, 4) is 0 Å². The lowest BCUT2D eigenvalue weighted by Gasteiger charge is -2.37. The second kappa shape index (κ2) is 9.12. The largest absolute Gasteiger partial charge is 0.376 e. The number of nitrogens with zero attached hydrogens (tertiary/aromatic N) is 2. The van der Waals surface area contributed by atoms with Crippen molar-refractivity contribution >= 4 is 34.7 Å². The fourth-order valence-electron chi connectivity index (χ4n) is 3.35. The van der Waals surface area contributed by atoms with Gasteiger partial charge in [-0.1, -0.05) is 0 Å². The van der Waals surface area contributed by atoms with Crippen molar-refractivity contribution in [1.29, 1.82) is 0 Å². The molecule has 3 saturated heterocycles. The van der Waals surface area contributed by atoms with Crippen LogP contribution in [0.25, 0.3) is 0 Å². The number of hydrogen-bond acceptors (Lipinski definition) is 4. The van der Waals surface area contributed by atoms with Crippen molar-refractivity contribution in [3.05, 3.63) is 0 Å². The van der Waals surface area contributed by atoms with E-state index in [-0.39, 0.29) is 0 Å². The quantitative estimate of drug-likeness (QED) is 0.700. The number of nitrogens with one attached hydrogen (secondary N) is 2. The summed E-state index contributed by atoms with van der Waals surface area (Å²) < 4.78 is 11.2. The Kier molecular flexibility index (Phi) is 6.88. The van der Waals surface area contributed by atoms with Gasteiger partial charge in [0.1, 0.15) is 0 Å². The van der Waals surface area contributed by atoms with E-state index in [0.29, 0.717) is 12.2 Å². The number of rotatable bonds is 4. The lowest BCUT2D eigenvalue weighted by molar-refractivity contribution is 0.112. The molecular formula is C16H28N4O2S2. The molecule has 0 saturated carbocycles. The van der Waals surface area contributed by atoms with Gasteiger partial charge in [-0.2, -0.15) is 0 Å². The highest BCUT2D eigenvalue weighted by molar-refractivity contribution is 7.80. The molecule has 0 amide bonds. The van der Waals surface area contributed by atoms with Gasteiger partial charge in [0.05, 0.1) is 12.2 Å². The van der Waals surface area contributed by atoms with Crippen LogP contribution in [0.15, 0.2) is 0 Å². The minimum Gasteiger partial charge on any atom is -0.376 e. The average molecular weight is 373 g/mol. The molecular weight excluding hydrogens is 344 g/mol. The Morgan fingerprint density at radius 1 is 0.792 bits per heavy atom. The van der Waals surface area contributed by atoms with E-state index in [2.05, 4.69) is 20.4 Å². The van der Waals surface area contributed by atoms with Gasteiger partial charge >= 0.3 is 0 Å². The van der Waals surface area contributed by atoms with E-state index in [9.17, 15) is 0 Å². The Hall–Kier alpha value is -0.700. The molecule has 3 heterocycles. The molecule has 3 aliphatic rings. The first kappa shape index (κ1) is 18.1. The molecule has 3 aliphatic heterocycles. The number of hydrogen-bond donors (Lipinski definition) is 2. The van der Waals surface area contributed by atoms with Gasteiger partial charge < -0.3 is 29.9 Å². The normalized spacial score (nSPS) is 27.3. The van der Waals surface area contributed by atoms with Crippen LogP contribution in [-0.4, -0.2) is 84.7 Å². The monoisotopic (exact) mass is 372 g/mol. The van der Waals surface area contributed by atoms with Crippen LogP contribution in [0, 0.1) is 0 Å². The maximum absolute atomic E-state index is 5.62. The smallest absolute Gasteiger partial charge is 0.169 e. The SMILES string of the molecule is S=C(NC[C@@H]1CCCO1)N1CCN(C(=S)NC[C@@H]2CCCO2)CC1. The van der Waals surface area contributed by atoms with Gasteiger partial charge in [0.2, 0.25) is 0 Å². The molecule has 2 N–H and O–H groups in total. The Bertz CT molecular complexity index is 392. The summed E-state index contributed by atoms with van der Waals surface area (Å²) in [7, 11) is 0. The van der Waals surface area contributed by atoms with Gasteiger partial charge in [0, 0.05) is 52.5 Å². The summed E-state index contributed by atoms with van der Waals surface area (Å²) >= 11 is 11.0. The number of piperazine rings is 1. The van der Waals surface area contributed by atoms with Crippen LogP contribution in [0.1, 0.15) is 25.7 Å². The average Bonchev–Trinajstić information content (AvgIpc) is 3.31. The first-order chi connectivity index (χ1) is 11.7. The molecule has 0 aromatic rings. The third-order valence-electron chi connectivity index (χ3n) is 4.86. The van der Waals surface area contributed by atoms with Crippen molar-refractivity contribution in [3.63, 3.8) is 0 Å². The van der Waals surface area contributed by atoms with Gasteiger partial charge in [-0.15, -0.1) is 0 Å². The molecule has 6 nitrogen and oxygen atoms in total. The van der Waals surface area contributed by atoms with E-state index in [1.54, 1.807) is 0 Å². The predicted octanol–water partition coefficient (Wildman–Crippen LogP) is 0.711. The van der Waals surface area contributed by atoms with Crippen LogP contribution in [-0.2, 0) is 9.47 Å². The Labute approximate surface area is 155 Å². The highest BCUT2D eigenvalue weighted by Gasteiger charge is 2.23. The Morgan fingerprint density at radius 3 is 1.54 bits per heavy atom. The topological polar surface area (TPSA) is 49.0 Å². The second-order valence-electron chi connectivity index (χ2n) is 6.62. The fraction of sp³-hybridized carbons (Fsp3) is 0.875. The van der Waals surface area contributed by atoms with Crippen LogP contribution in [0.2, 0.25) is 0 Å². The van der Waals surface area contributed by atoms with Crippen molar-refractivity contribution in [1.82, 2.24) is 20.4 Å². The summed E-state index contributed by atoms with van der Waals surface area (Å²) in [6, 6.07) is 0. The highest BCUT2D eigenvalue weighted by Crippen LogP contribution is 2.12. The zero-order valence-electron chi connectivity index (χ0n) is 14.2. The predicted molar refractivity (Wildman–Crippen MR) is 102 cm³/mol. The fourth-order valence-corrected chi connectivity index (χ4v) is 3.88. The molecule has 136 valence electrons. The van der Waals surface area contributed by atoms with E-state index in [0.717, 1.165) is 88.4 Å². The standard InChI is InChI=1S/C16H28N4O2S2/c23-15(17-11-13-3-1-9-21-13)19-5-7-20(8-6-19)16(24)18-12-14-4-2-10-22-14/h13-14H,1-12H2,(H,17,23)(H,18,24)/t13-,14-/m0/s1. The molecule has 0 aliphatic carbocycles. The molecule has 0 unspecified atom stereocenters. The van der Waals surface area contributed by atoms with Crippen molar-refractivity contribution < 1.29 is 9.47 Å². The van der Waals surface area contributed by atoms with E-state index >= 15 is 0 Å². The molecule has 0 aromatic heterocycles. The zero-order valence-corrected chi connectivity index (χ0v) is 15.8. The van der Waals surface area contributed by atoms with Crippen LogP contribution in [0.3, 0.4) is 0 Å². The molecule has 24 heavy (non-hydrogen) atoms. The summed E-state index contributed by atoms with van der Waals surface area (Å²) in [6.07, 6.45) is 5.22. The first-order valence-corrected chi connectivity index (χ1v) is 9.83. The van der Waals surface area contributed by atoms with Crippen LogP contribution < -0.4 is 10.6 Å². The number of ether oxygens (including phenoxy) is 2. The minimum atomic E-state index is 0.318. The summed E-state index contributed by atoms with van der Waals surface area (Å²) in [4.78, 5) is 4.45. The summed E-state index contributed by atoms with van der Waals surface area (Å²) in [5.41, 5.74) is 0. The Morgan fingerprint density at radius 2 is 1.21 bits per heavy atom. The van der Waals surface area contributed by atoms with Crippen molar-refractivity contribution in [2.24, 2.45) is 0 Å². The zero-order chi connectivity index (χ0) is 16.8. The van der Waals surface area contributed by atoms with Gasteiger partial charge in [-0.05, 0) is 50.1 Å². The van der Waals surface area contributed by atoms with Crippen LogP contribution in [0.4, 0.5) is 0 Å². The van der Waals surface area contributed by atoms with Crippen LogP contribution >= 0.6 is 24.4 Å². The van der Waals surface area contributed by atoms with Crippen LogP contribution in [0.5, 0.6) is 0 Å². The lowest BCUT2D eigenvalue weighted by atomic mass is 10.2.